The van der Waals surface area contributed by atoms with Gasteiger partial charge in [0.1, 0.15) is 6.54 Å². The minimum Gasteiger partial charge on any atom is -0.478 e. The Morgan fingerprint density at radius 3 is 2.53 bits per heavy atom. The molecule has 1 aliphatic heterocycles. The molecular weight excluding hydrogens is 603 g/mol. The molecule has 248 valence electrons. The van der Waals surface area contributed by atoms with Gasteiger partial charge in [0.05, 0.1) is 32.4 Å². The van der Waals surface area contributed by atoms with E-state index in [4.69, 9.17) is 0 Å². The Bertz CT molecular complexity index is 1920. The second-order valence-electron chi connectivity index (χ2n) is 13.4. The molecule has 0 bridgehead atoms. The molecule has 3 heterocycles. The maximum atomic E-state index is 13.9. The van der Waals surface area contributed by atoms with Crippen molar-refractivity contribution >= 4 is 52.3 Å². The number of carboxylic acids is 1. The number of nitrogens with zero attached hydrogens (tertiary/aromatic N) is 3. The van der Waals surface area contributed by atoms with Gasteiger partial charge in [0, 0.05) is 18.5 Å². The summed E-state index contributed by atoms with van der Waals surface area (Å²) >= 11 is 1.70. The Morgan fingerprint density at radius 1 is 1.13 bits per heavy atom. The standard InChI is InChI=1S/C40H49N3O3S/c1-8-9-10-11-27(4)37-34-17-16-33(40(45)46)23-35(34)43(24-36(44)42-20-18-25(2)19-21-42)38(37)32-15-12-26(3)31(22-32)14-13-28(5)39-29(6)41-30(7)47-39/h12-17,22-23,25,27H,3,8-11,18-21,24H2,1-2,4-7H3,(H,45,46)/b28-13+,31-14-. The number of carbonyl (C=O) groups is 2. The van der Waals surface area contributed by atoms with Crippen LogP contribution in [0.25, 0.3) is 40.4 Å². The number of aryl methyl sites for hydroxylation is 2. The number of aromatic nitrogens is 2. The monoisotopic (exact) mass is 651 g/mol. The SMILES string of the molecule is C=c1ccc(-c2c(C(C)CCCCC)c3ccc(C(=O)O)cc3n2CC(=O)N2CCC(C)CC2)c/c1=C/C=C(\C)c1sc(C)nc1C. The number of thiazole rings is 1. The van der Waals surface area contributed by atoms with Crippen molar-refractivity contribution in [3.8, 4) is 11.3 Å². The molecule has 7 heteroatoms. The molecule has 1 amide bonds. The Balaban J connectivity index is 1.71. The number of fused-ring (bicyclic) bond motifs is 1. The number of likely N-dealkylation sites (tertiary alicyclic amines) is 1. The van der Waals surface area contributed by atoms with E-state index >= 15 is 0 Å². The number of unbranched alkanes of at least 4 members (excludes halogenated alkanes) is 2. The third-order valence-corrected chi connectivity index (χ3v) is 10.9. The van der Waals surface area contributed by atoms with Gasteiger partial charge >= 0.3 is 5.97 Å². The lowest BCUT2D eigenvalue weighted by molar-refractivity contribution is -0.133. The van der Waals surface area contributed by atoms with Crippen molar-refractivity contribution in [1.82, 2.24) is 14.5 Å². The van der Waals surface area contributed by atoms with Crippen LogP contribution in [-0.4, -0.2) is 44.5 Å². The van der Waals surface area contributed by atoms with E-state index in [0.29, 0.717) is 5.92 Å². The van der Waals surface area contributed by atoms with E-state index in [1.165, 1.54) is 10.4 Å². The number of rotatable bonds is 11. The van der Waals surface area contributed by atoms with Crippen LogP contribution in [0, 0.1) is 19.8 Å². The van der Waals surface area contributed by atoms with Crippen molar-refractivity contribution in [2.24, 2.45) is 5.92 Å². The van der Waals surface area contributed by atoms with E-state index in [-0.39, 0.29) is 23.9 Å². The number of hydrogen-bond donors (Lipinski definition) is 1. The average molecular weight is 652 g/mol. The molecule has 2 aromatic carbocycles. The summed E-state index contributed by atoms with van der Waals surface area (Å²) in [6.07, 6.45) is 10.7. The minimum atomic E-state index is -0.970. The average Bonchev–Trinajstić information content (AvgIpc) is 3.56. The summed E-state index contributed by atoms with van der Waals surface area (Å²) in [5.41, 5.74) is 6.39. The van der Waals surface area contributed by atoms with Crippen LogP contribution >= 0.6 is 11.3 Å². The van der Waals surface area contributed by atoms with Crippen LogP contribution in [0.2, 0.25) is 0 Å². The smallest absolute Gasteiger partial charge is 0.335 e. The van der Waals surface area contributed by atoms with E-state index < -0.39 is 5.97 Å². The Labute approximate surface area is 283 Å². The summed E-state index contributed by atoms with van der Waals surface area (Å²) in [5, 5.41) is 14.0. The highest BCUT2D eigenvalue weighted by molar-refractivity contribution is 7.12. The van der Waals surface area contributed by atoms with Crippen molar-refractivity contribution in [1.29, 1.82) is 0 Å². The van der Waals surface area contributed by atoms with E-state index in [1.54, 1.807) is 23.5 Å². The first-order valence-electron chi connectivity index (χ1n) is 17.1. The minimum absolute atomic E-state index is 0.0790. The summed E-state index contributed by atoms with van der Waals surface area (Å²) < 4.78 is 2.10. The maximum Gasteiger partial charge on any atom is 0.335 e. The molecule has 1 aliphatic rings. The van der Waals surface area contributed by atoms with Gasteiger partial charge in [-0.3, -0.25) is 4.79 Å². The van der Waals surface area contributed by atoms with Crippen LogP contribution in [0.3, 0.4) is 0 Å². The molecule has 0 aliphatic carbocycles. The Kier molecular flexibility index (Phi) is 10.9. The highest BCUT2D eigenvalue weighted by Gasteiger charge is 2.27. The topological polar surface area (TPSA) is 75.4 Å². The quantitative estimate of drug-likeness (QED) is 0.166. The number of carbonyl (C=O) groups excluding carboxylic acids is 1. The summed E-state index contributed by atoms with van der Waals surface area (Å²) in [4.78, 5) is 33.9. The highest BCUT2D eigenvalue weighted by atomic mass is 32.1. The molecule has 0 radical (unpaired) electrons. The van der Waals surface area contributed by atoms with Gasteiger partial charge in [-0.1, -0.05) is 77.0 Å². The highest BCUT2D eigenvalue weighted by Crippen LogP contribution is 2.40. The summed E-state index contributed by atoms with van der Waals surface area (Å²) in [7, 11) is 0. The number of hydrogen-bond acceptors (Lipinski definition) is 4. The summed E-state index contributed by atoms with van der Waals surface area (Å²) in [6.45, 7) is 19.0. The number of allylic oxidation sites excluding steroid dienone is 2. The summed E-state index contributed by atoms with van der Waals surface area (Å²) in [6, 6.07) is 11.7. The normalized spacial score (nSPS) is 15.5. The zero-order chi connectivity index (χ0) is 33.8. The predicted molar refractivity (Wildman–Crippen MR) is 196 cm³/mol. The molecule has 1 atom stereocenters. The van der Waals surface area contributed by atoms with Crippen molar-refractivity contribution in [3.63, 3.8) is 0 Å². The molecule has 0 saturated carbocycles. The Hall–Kier alpha value is -3.97. The van der Waals surface area contributed by atoms with E-state index in [9.17, 15) is 14.7 Å². The first kappa shape index (κ1) is 34.4. The van der Waals surface area contributed by atoms with Gasteiger partial charge < -0.3 is 14.6 Å². The summed E-state index contributed by atoms with van der Waals surface area (Å²) in [5.74, 6) is -0.0565. The van der Waals surface area contributed by atoms with Crippen LogP contribution in [0.15, 0.2) is 42.5 Å². The largest absolute Gasteiger partial charge is 0.478 e. The van der Waals surface area contributed by atoms with Crippen LogP contribution in [-0.2, 0) is 11.3 Å². The second kappa shape index (κ2) is 14.8. The van der Waals surface area contributed by atoms with Crippen LogP contribution in [0.5, 0.6) is 0 Å². The third-order valence-electron chi connectivity index (χ3n) is 9.71. The molecular formula is C40H49N3O3S. The van der Waals surface area contributed by atoms with Gasteiger partial charge in [0.15, 0.2) is 0 Å². The lowest BCUT2D eigenvalue weighted by atomic mass is 9.90. The number of carboxylic acid groups (broad SMARTS) is 1. The van der Waals surface area contributed by atoms with Crippen molar-refractivity contribution in [2.45, 2.75) is 92.5 Å². The molecule has 1 fully saturated rings. The third kappa shape index (κ3) is 7.62. The number of aromatic carboxylic acids is 1. The van der Waals surface area contributed by atoms with Gasteiger partial charge in [0.2, 0.25) is 5.91 Å². The van der Waals surface area contributed by atoms with Crippen LogP contribution in [0.4, 0.5) is 0 Å². The predicted octanol–water partition coefficient (Wildman–Crippen LogP) is 8.32. The van der Waals surface area contributed by atoms with E-state index in [0.717, 1.165) is 100 Å². The van der Waals surface area contributed by atoms with Gasteiger partial charge in [-0.2, -0.15) is 0 Å². The van der Waals surface area contributed by atoms with Crippen LogP contribution in [0.1, 0.15) is 104 Å². The zero-order valence-corrected chi connectivity index (χ0v) is 29.7. The van der Waals surface area contributed by atoms with Gasteiger partial charge in [-0.15, -0.1) is 11.3 Å². The van der Waals surface area contributed by atoms with Gasteiger partial charge in [0.25, 0.3) is 0 Å². The Morgan fingerprint density at radius 2 is 1.87 bits per heavy atom. The van der Waals surface area contributed by atoms with Crippen molar-refractivity contribution in [3.05, 3.63) is 79.6 Å². The number of piperidine rings is 1. The molecule has 5 rings (SSSR count). The van der Waals surface area contributed by atoms with E-state index in [1.807, 2.05) is 24.8 Å². The molecule has 47 heavy (non-hydrogen) atoms. The molecule has 1 N–H and O–H groups in total. The first-order chi connectivity index (χ1) is 22.5. The maximum absolute atomic E-state index is 13.9. The fourth-order valence-electron chi connectivity index (χ4n) is 6.91. The second-order valence-corrected chi connectivity index (χ2v) is 14.6. The fraction of sp³-hybridized carbons (Fsp3) is 0.425. The van der Waals surface area contributed by atoms with E-state index in [2.05, 4.69) is 74.2 Å². The van der Waals surface area contributed by atoms with Gasteiger partial charge in [-0.05, 0) is 97.2 Å². The van der Waals surface area contributed by atoms with Crippen molar-refractivity contribution in [2.75, 3.05) is 13.1 Å². The fourth-order valence-corrected chi connectivity index (χ4v) is 7.81. The molecule has 0 spiro atoms. The molecule has 1 saturated heterocycles. The lowest BCUT2D eigenvalue weighted by Crippen LogP contribution is -2.39. The molecule has 2 aromatic heterocycles. The molecule has 1 unspecified atom stereocenters. The van der Waals surface area contributed by atoms with Crippen molar-refractivity contribution < 1.29 is 14.7 Å². The number of amides is 1. The number of benzene rings is 2. The lowest BCUT2D eigenvalue weighted by Gasteiger charge is -2.30. The molecule has 4 aromatic rings. The molecule has 6 nitrogen and oxygen atoms in total. The zero-order valence-electron chi connectivity index (χ0n) is 28.9. The van der Waals surface area contributed by atoms with Gasteiger partial charge in [-0.25, -0.2) is 9.78 Å². The first-order valence-corrected chi connectivity index (χ1v) is 17.9. The van der Waals surface area contributed by atoms with Crippen LogP contribution < -0.4 is 10.4 Å².